The molecule has 4 heteroatoms. The predicted molar refractivity (Wildman–Crippen MR) is 44.3 cm³/mol. The van der Waals surface area contributed by atoms with Gasteiger partial charge in [-0.1, -0.05) is 12.1 Å². The lowest BCUT2D eigenvalue weighted by molar-refractivity contribution is -0.124. The molecule has 0 saturated carbocycles. The number of carbonyl (C=O) groups is 2. The Morgan fingerprint density at radius 1 is 1.54 bits per heavy atom. The maximum absolute atomic E-state index is 12.6. The van der Waals surface area contributed by atoms with Crippen LogP contribution in [0.5, 0.6) is 0 Å². The van der Waals surface area contributed by atoms with E-state index in [1.807, 2.05) is 5.32 Å². The van der Waals surface area contributed by atoms with Crippen LogP contribution in [0.4, 0.5) is 4.39 Å². The molecule has 0 bridgehead atoms. The van der Waals surface area contributed by atoms with Crippen LogP contribution in [0.1, 0.15) is 5.56 Å². The molecule has 3 nitrogen and oxygen atoms in total. The fourth-order valence-electron chi connectivity index (χ4n) is 0.949. The first-order valence-corrected chi connectivity index (χ1v) is 3.70. The molecular weight excluding hydrogens is 173 g/mol. The molecule has 0 radical (unpaired) electrons. The zero-order chi connectivity index (χ0) is 9.68. The minimum Gasteiger partial charge on any atom is -0.299 e. The summed E-state index contributed by atoms with van der Waals surface area (Å²) in [6.07, 6.45) is 0.318. The monoisotopic (exact) mass is 181 g/mol. The summed E-state index contributed by atoms with van der Waals surface area (Å²) in [6, 6.07) is 5.68. The molecule has 0 atom stereocenters. The third-order valence-electron chi connectivity index (χ3n) is 1.47. The predicted octanol–water partition coefficient (Wildman–Crippen LogP) is 0.641. The summed E-state index contributed by atoms with van der Waals surface area (Å²) in [5, 5.41) is 1.97. The first kappa shape index (κ1) is 9.38. The number of amides is 2. The van der Waals surface area contributed by atoms with E-state index in [-0.39, 0.29) is 6.42 Å². The van der Waals surface area contributed by atoms with Crippen molar-refractivity contribution in [3.8, 4) is 0 Å². The number of nitrogens with one attached hydrogen (secondary N) is 1. The second-order valence-corrected chi connectivity index (χ2v) is 2.49. The van der Waals surface area contributed by atoms with Crippen molar-refractivity contribution < 1.29 is 14.0 Å². The molecule has 0 aliphatic carbocycles. The van der Waals surface area contributed by atoms with E-state index in [9.17, 15) is 14.0 Å². The summed E-state index contributed by atoms with van der Waals surface area (Å²) < 4.78 is 12.6. The van der Waals surface area contributed by atoms with Crippen LogP contribution >= 0.6 is 0 Å². The highest BCUT2D eigenvalue weighted by Gasteiger charge is 2.02. The highest BCUT2D eigenvalue weighted by atomic mass is 19.1. The van der Waals surface area contributed by atoms with Gasteiger partial charge in [-0.05, 0) is 17.7 Å². The van der Waals surface area contributed by atoms with Gasteiger partial charge in [-0.15, -0.1) is 0 Å². The van der Waals surface area contributed by atoms with Gasteiger partial charge in [0.15, 0.2) is 0 Å². The van der Waals surface area contributed by atoms with Crippen LogP contribution in [0.15, 0.2) is 24.3 Å². The molecule has 0 fully saturated rings. The van der Waals surface area contributed by atoms with Gasteiger partial charge in [-0.25, -0.2) is 4.39 Å². The quantitative estimate of drug-likeness (QED) is 0.695. The smallest absolute Gasteiger partial charge is 0.230 e. The van der Waals surface area contributed by atoms with E-state index in [2.05, 4.69) is 0 Å². The van der Waals surface area contributed by atoms with Gasteiger partial charge in [0.05, 0.1) is 6.42 Å². The van der Waals surface area contributed by atoms with Gasteiger partial charge < -0.3 is 0 Å². The van der Waals surface area contributed by atoms with Gasteiger partial charge >= 0.3 is 0 Å². The Labute approximate surface area is 74.6 Å². The lowest BCUT2D eigenvalue weighted by Gasteiger charge is -1.98. The summed E-state index contributed by atoms with van der Waals surface area (Å²) in [7, 11) is 0. The fourth-order valence-corrected chi connectivity index (χ4v) is 0.949. The summed E-state index contributed by atoms with van der Waals surface area (Å²) in [5.74, 6) is -0.836. The molecule has 0 saturated heterocycles. The van der Waals surface area contributed by atoms with Crippen molar-refractivity contribution in [2.75, 3.05) is 0 Å². The Hall–Kier alpha value is -1.71. The van der Waals surface area contributed by atoms with E-state index >= 15 is 0 Å². The molecule has 0 spiro atoms. The molecule has 0 aromatic heterocycles. The number of hydrogen-bond donors (Lipinski definition) is 1. The maximum Gasteiger partial charge on any atom is 0.230 e. The van der Waals surface area contributed by atoms with Crippen molar-refractivity contribution >= 4 is 12.3 Å². The Kier molecular flexibility index (Phi) is 3.14. The molecule has 68 valence electrons. The zero-order valence-corrected chi connectivity index (χ0v) is 6.79. The highest BCUT2D eigenvalue weighted by Crippen LogP contribution is 2.03. The molecule has 1 aromatic rings. The minimum atomic E-state index is -0.444. The number of rotatable bonds is 3. The average Bonchev–Trinajstić information content (AvgIpc) is 2.04. The van der Waals surface area contributed by atoms with E-state index in [0.717, 1.165) is 0 Å². The Morgan fingerprint density at radius 3 is 2.92 bits per heavy atom. The Morgan fingerprint density at radius 2 is 2.31 bits per heavy atom. The van der Waals surface area contributed by atoms with Crippen LogP contribution in [0.25, 0.3) is 0 Å². The average molecular weight is 181 g/mol. The lowest BCUT2D eigenvalue weighted by Crippen LogP contribution is -2.23. The molecular formula is C9H8FNO2. The standard InChI is InChI=1S/C9H8FNO2/c10-8-3-1-2-7(4-8)5-9(13)11-6-12/h1-4,6H,5H2,(H,11,12,13). The Balaban J connectivity index is 2.63. The number of halogens is 1. The zero-order valence-electron chi connectivity index (χ0n) is 6.79. The largest absolute Gasteiger partial charge is 0.299 e. The van der Waals surface area contributed by atoms with Crippen molar-refractivity contribution in [1.82, 2.24) is 5.32 Å². The van der Waals surface area contributed by atoms with Crippen LogP contribution in [0.3, 0.4) is 0 Å². The van der Waals surface area contributed by atoms with Crippen LogP contribution < -0.4 is 5.32 Å². The third kappa shape index (κ3) is 3.02. The second-order valence-electron chi connectivity index (χ2n) is 2.49. The normalized spacial score (nSPS) is 9.31. The van der Waals surface area contributed by atoms with Crippen molar-refractivity contribution in [3.05, 3.63) is 35.6 Å². The van der Waals surface area contributed by atoms with E-state index in [4.69, 9.17) is 0 Å². The first-order chi connectivity index (χ1) is 6.22. The van der Waals surface area contributed by atoms with Gasteiger partial charge in [0.1, 0.15) is 5.82 Å². The summed E-state index contributed by atoms with van der Waals surface area (Å²) in [5.41, 5.74) is 0.541. The number of imide groups is 1. The lowest BCUT2D eigenvalue weighted by atomic mass is 10.1. The van der Waals surface area contributed by atoms with Crippen molar-refractivity contribution in [2.45, 2.75) is 6.42 Å². The molecule has 1 N–H and O–H groups in total. The molecule has 0 aliphatic rings. The number of hydrogen-bond acceptors (Lipinski definition) is 2. The van der Waals surface area contributed by atoms with Crippen molar-refractivity contribution in [2.24, 2.45) is 0 Å². The molecule has 1 rings (SSSR count). The number of carbonyl (C=O) groups excluding carboxylic acids is 2. The molecule has 13 heavy (non-hydrogen) atoms. The molecule has 0 unspecified atom stereocenters. The van der Waals surface area contributed by atoms with Gasteiger partial charge in [-0.2, -0.15) is 0 Å². The van der Waals surface area contributed by atoms with E-state index in [1.54, 1.807) is 6.07 Å². The van der Waals surface area contributed by atoms with E-state index < -0.39 is 11.7 Å². The SMILES string of the molecule is O=CNC(=O)Cc1cccc(F)c1. The van der Waals surface area contributed by atoms with Crippen LogP contribution in [0.2, 0.25) is 0 Å². The van der Waals surface area contributed by atoms with E-state index in [0.29, 0.717) is 12.0 Å². The first-order valence-electron chi connectivity index (χ1n) is 3.70. The molecule has 0 aliphatic heterocycles. The van der Waals surface area contributed by atoms with Crippen LogP contribution in [-0.4, -0.2) is 12.3 Å². The second kappa shape index (κ2) is 4.35. The van der Waals surface area contributed by atoms with Gasteiger partial charge in [0.25, 0.3) is 0 Å². The molecule has 0 heterocycles. The Bertz CT molecular complexity index is 325. The number of benzene rings is 1. The highest BCUT2D eigenvalue weighted by molar-refractivity contribution is 5.87. The van der Waals surface area contributed by atoms with Crippen molar-refractivity contribution in [1.29, 1.82) is 0 Å². The topological polar surface area (TPSA) is 46.2 Å². The third-order valence-corrected chi connectivity index (χ3v) is 1.47. The van der Waals surface area contributed by atoms with Gasteiger partial charge in [0.2, 0.25) is 12.3 Å². The van der Waals surface area contributed by atoms with Crippen LogP contribution in [-0.2, 0) is 16.0 Å². The van der Waals surface area contributed by atoms with Gasteiger partial charge in [-0.3, -0.25) is 14.9 Å². The van der Waals surface area contributed by atoms with E-state index in [1.165, 1.54) is 18.2 Å². The van der Waals surface area contributed by atoms with Crippen LogP contribution in [0, 0.1) is 5.82 Å². The summed E-state index contributed by atoms with van der Waals surface area (Å²) in [6.45, 7) is 0. The van der Waals surface area contributed by atoms with Gasteiger partial charge in [0, 0.05) is 0 Å². The fraction of sp³-hybridized carbons (Fsp3) is 0.111. The molecule has 1 aromatic carbocycles. The molecule has 2 amide bonds. The summed E-state index contributed by atoms with van der Waals surface area (Å²) >= 11 is 0. The maximum atomic E-state index is 12.6. The summed E-state index contributed by atoms with van der Waals surface area (Å²) in [4.78, 5) is 20.7. The minimum absolute atomic E-state index is 0.0104. The van der Waals surface area contributed by atoms with Crippen molar-refractivity contribution in [3.63, 3.8) is 0 Å².